The Kier molecular flexibility index (Phi) is 2.50. The lowest BCUT2D eigenvalue weighted by Crippen LogP contribution is -2.23. The Morgan fingerprint density at radius 3 is 3.12 bits per heavy atom. The van der Waals surface area contributed by atoms with Crippen LogP contribution in [0.4, 0.5) is 0 Å². The summed E-state index contributed by atoms with van der Waals surface area (Å²) >= 11 is 1.65. The van der Waals surface area contributed by atoms with Gasteiger partial charge in [-0.25, -0.2) is 4.68 Å². The van der Waals surface area contributed by atoms with Gasteiger partial charge in [0.05, 0.1) is 5.39 Å². The Hall–Kier alpha value is -1.23. The lowest BCUT2D eigenvalue weighted by Gasteiger charge is -2.17. The fraction of sp³-hybridized carbons (Fsp3) is 0.583. The first-order chi connectivity index (χ1) is 8.20. The zero-order valence-corrected chi connectivity index (χ0v) is 10.9. The summed E-state index contributed by atoms with van der Waals surface area (Å²) in [5, 5.41) is 8.95. The van der Waals surface area contributed by atoms with Crippen LogP contribution in [0.5, 0.6) is 0 Å². The van der Waals surface area contributed by atoms with E-state index in [9.17, 15) is 4.79 Å². The quantitative estimate of drug-likeness (QED) is 0.776. The fourth-order valence-corrected chi connectivity index (χ4v) is 3.82. The smallest absolute Gasteiger partial charge is 0.267 e. The van der Waals surface area contributed by atoms with E-state index in [0.29, 0.717) is 6.54 Å². The molecule has 1 atom stereocenters. The van der Waals surface area contributed by atoms with Crippen molar-refractivity contribution in [3.63, 3.8) is 0 Å². The van der Waals surface area contributed by atoms with Gasteiger partial charge in [0.1, 0.15) is 0 Å². The van der Waals surface area contributed by atoms with Crippen molar-refractivity contribution in [2.75, 3.05) is 0 Å². The second-order valence-electron chi connectivity index (χ2n) is 4.74. The SMILES string of the molecule is CCn1nnc2sc3c(c2c1=O)CC[C@H](C)C3. The molecule has 0 spiro atoms. The van der Waals surface area contributed by atoms with Gasteiger partial charge in [-0.2, -0.15) is 0 Å². The highest BCUT2D eigenvalue weighted by Crippen LogP contribution is 2.35. The van der Waals surface area contributed by atoms with Gasteiger partial charge in [0.2, 0.25) is 0 Å². The van der Waals surface area contributed by atoms with Gasteiger partial charge in [0.25, 0.3) is 5.56 Å². The molecule has 90 valence electrons. The van der Waals surface area contributed by atoms with Crippen molar-refractivity contribution in [1.29, 1.82) is 0 Å². The summed E-state index contributed by atoms with van der Waals surface area (Å²) in [6, 6.07) is 0. The molecule has 2 aromatic rings. The van der Waals surface area contributed by atoms with E-state index in [2.05, 4.69) is 17.2 Å². The minimum atomic E-state index is 0.0320. The van der Waals surface area contributed by atoms with Crippen LogP contribution in [0.1, 0.15) is 30.7 Å². The standard InChI is InChI=1S/C12H15N3OS/c1-3-15-12(16)10-8-5-4-7(2)6-9(8)17-11(10)13-14-15/h7H,3-6H2,1-2H3/t7-/m0/s1. The summed E-state index contributed by atoms with van der Waals surface area (Å²) in [5.41, 5.74) is 1.27. The van der Waals surface area contributed by atoms with Crippen molar-refractivity contribution in [2.24, 2.45) is 5.92 Å². The largest absolute Gasteiger partial charge is 0.278 e. The topological polar surface area (TPSA) is 47.8 Å². The Morgan fingerprint density at radius 2 is 2.35 bits per heavy atom. The minimum absolute atomic E-state index is 0.0320. The molecule has 0 aliphatic heterocycles. The predicted molar refractivity (Wildman–Crippen MR) is 68.5 cm³/mol. The van der Waals surface area contributed by atoms with Crippen molar-refractivity contribution in [2.45, 2.75) is 39.7 Å². The fourth-order valence-electron chi connectivity index (χ4n) is 2.50. The summed E-state index contributed by atoms with van der Waals surface area (Å²) in [7, 11) is 0. The van der Waals surface area contributed by atoms with E-state index in [4.69, 9.17) is 0 Å². The number of aromatic nitrogens is 3. The average Bonchev–Trinajstić information content (AvgIpc) is 2.67. The third kappa shape index (κ3) is 1.60. The van der Waals surface area contributed by atoms with E-state index in [-0.39, 0.29) is 5.56 Å². The molecule has 4 nitrogen and oxygen atoms in total. The van der Waals surface area contributed by atoms with Gasteiger partial charge in [-0.1, -0.05) is 12.1 Å². The molecule has 0 unspecified atom stereocenters. The molecule has 5 heteroatoms. The van der Waals surface area contributed by atoms with Crippen molar-refractivity contribution in [3.8, 4) is 0 Å². The van der Waals surface area contributed by atoms with Crippen molar-refractivity contribution < 1.29 is 0 Å². The number of fused-ring (bicyclic) bond motifs is 3. The van der Waals surface area contributed by atoms with E-state index in [1.54, 1.807) is 11.3 Å². The molecule has 17 heavy (non-hydrogen) atoms. The van der Waals surface area contributed by atoms with Crippen LogP contribution in [0.25, 0.3) is 10.2 Å². The Morgan fingerprint density at radius 1 is 1.53 bits per heavy atom. The summed E-state index contributed by atoms with van der Waals surface area (Å²) in [6.45, 7) is 4.77. The zero-order chi connectivity index (χ0) is 12.0. The number of aryl methyl sites for hydroxylation is 2. The molecular weight excluding hydrogens is 234 g/mol. The first-order valence-electron chi connectivity index (χ1n) is 6.08. The number of hydrogen-bond acceptors (Lipinski definition) is 4. The maximum Gasteiger partial charge on any atom is 0.278 e. The highest BCUT2D eigenvalue weighted by Gasteiger charge is 2.23. The molecule has 0 aromatic carbocycles. The van der Waals surface area contributed by atoms with E-state index in [1.165, 1.54) is 21.5 Å². The van der Waals surface area contributed by atoms with Gasteiger partial charge in [0, 0.05) is 11.4 Å². The van der Waals surface area contributed by atoms with E-state index in [1.807, 2.05) is 6.92 Å². The molecule has 0 radical (unpaired) electrons. The molecular formula is C12H15N3OS. The van der Waals surface area contributed by atoms with Gasteiger partial charge in [-0.05, 0) is 37.7 Å². The predicted octanol–water partition coefficient (Wildman–Crippen LogP) is 2.00. The minimum Gasteiger partial charge on any atom is -0.267 e. The first kappa shape index (κ1) is 10.9. The lowest BCUT2D eigenvalue weighted by atomic mass is 9.89. The van der Waals surface area contributed by atoms with Gasteiger partial charge in [-0.15, -0.1) is 16.4 Å². The average molecular weight is 249 g/mol. The molecule has 0 fully saturated rings. The van der Waals surface area contributed by atoms with Crippen molar-refractivity contribution in [1.82, 2.24) is 15.0 Å². The number of rotatable bonds is 1. The maximum atomic E-state index is 12.2. The van der Waals surface area contributed by atoms with E-state index in [0.717, 1.165) is 29.0 Å². The first-order valence-corrected chi connectivity index (χ1v) is 6.90. The van der Waals surface area contributed by atoms with Crippen molar-refractivity contribution >= 4 is 21.6 Å². The Labute approximate surface area is 103 Å². The highest BCUT2D eigenvalue weighted by molar-refractivity contribution is 7.18. The highest BCUT2D eigenvalue weighted by atomic mass is 32.1. The molecule has 0 saturated carbocycles. The van der Waals surface area contributed by atoms with Crippen LogP contribution >= 0.6 is 11.3 Å². The summed E-state index contributed by atoms with van der Waals surface area (Å²) < 4.78 is 1.45. The summed E-state index contributed by atoms with van der Waals surface area (Å²) in [4.78, 5) is 14.4. The molecule has 0 bridgehead atoms. The monoisotopic (exact) mass is 249 g/mol. The Bertz CT molecular complexity index is 628. The van der Waals surface area contributed by atoms with Crippen LogP contribution < -0.4 is 5.56 Å². The normalized spacial score (nSPS) is 19.5. The van der Waals surface area contributed by atoms with Gasteiger partial charge in [0.15, 0.2) is 4.83 Å². The zero-order valence-electron chi connectivity index (χ0n) is 10.1. The third-order valence-electron chi connectivity index (χ3n) is 3.48. The second kappa shape index (κ2) is 3.91. The summed E-state index contributed by atoms with van der Waals surface area (Å²) in [6.07, 6.45) is 3.27. The van der Waals surface area contributed by atoms with Gasteiger partial charge < -0.3 is 0 Å². The Balaban J connectivity index is 2.30. The molecule has 2 aromatic heterocycles. The molecule has 3 rings (SSSR count). The molecule has 1 aliphatic rings. The van der Waals surface area contributed by atoms with Crippen LogP contribution in [0.3, 0.4) is 0 Å². The third-order valence-corrected chi connectivity index (χ3v) is 4.62. The number of nitrogens with zero attached hydrogens (tertiary/aromatic N) is 3. The van der Waals surface area contributed by atoms with Crippen molar-refractivity contribution in [3.05, 3.63) is 20.8 Å². The number of hydrogen-bond donors (Lipinski definition) is 0. The van der Waals surface area contributed by atoms with Crippen LogP contribution in [-0.2, 0) is 19.4 Å². The van der Waals surface area contributed by atoms with Crippen LogP contribution in [0.15, 0.2) is 4.79 Å². The molecule has 0 N–H and O–H groups in total. The van der Waals surface area contributed by atoms with Crippen LogP contribution in [-0.4, -0.2) is 15.0 Å². The molecule has 1 aliphatic carbocycles. The molecule has 0 saturated heterocycles. The van der Waals surface area contributed by atoms with Crippen LogP contribution in [0.2, 0.25) is 0 Å². The second-order valence-corrected chi connectivity index (χ2v) is 5.83. The lowest BCUT2D eigenvalue weighted by molar-refractivity contribution is 0.508. The molecule has 2 heterocycles. The van der Waals surface area contributed by atoms with Crippen LogP contribution in [0, 0.1) is 5.92 Å². The maximum absolute atomic E-state index is 12.2. The van der Waals surface area contributed by atoms with E-state index < -0.39 is 0 Å². The van der Waals surface area contributed by atoms with Gasteiger partial charge >= 0.3 is 0 Å². The summed E-state index contributed by atoms with van der Waals surface area (Å²) in [5.74, 6) is 0.719. The molecule has 0 amide bonds. The number of thiophene rings is 1. The van der Waals surface area contributed by atoms with E-state index >= 15 is 0 Å². The van der Waals surface area contributed by atoms with Gasteiger partial charge in [-0.3, -0.25) is 4.79 Å².